The number of rotatable bonds is 5. The zero-order valence-corrected chi connectivity index (χ0v) is 16.9. The van der Waals surface area contributed by atoms with Crippen molar-refractivity contribution in [2.45, 2.75) is 13.8 Å². The zero-order chi connectivity index (χ0) is 19.7. The fourth-order valence-electron chi connectivity index (χ4n) is 2.87. The van der Waals surface area contributed by atoms with Crippen molar-refractivity contribution in [3.8, 4) is 11.1 Å². The number of amides is 1. The van der Waals surface area contributed by atoms with E-state index >= 15 is 0 Å². The van der Waals surface area contributed by atoms with Gasteiger partial charge in [0.2, 0.25) is 0 Å². The van der Waals surface area contributed by atoms with E-state index < -0.39 is 5.97 Å². The smallest absolute Gasteiger partial charge is 0.341 e. The van der Waals surface area contributed by atoms with Gasteiger partial charge in [-0.15, -0.1) is 22.7 Å². The molecule has 0 spiro atoms. The van der Waals surface area contributed by atoms with Crippen LogP contribution in [0.15, 0.2) is 48.1 Å². The summed E-state index contributed by atoms with van der Waals surface area (Å²) < 4.78 is 7.05. The van der Waals surface area contributed by atoms with Crippen molar-refractivity contribution in [1.82, 2.24) is 9.38 Å². The number of hydrogen-bond acceptors (Lipinski definition) is 6. The summed E-state index contributed by atoms with van der Waals surface area (Å²) in [5, 5.41) is 5.14. The fourth-order valence-corrected chi connectivity index (χ4v) is 4.63. The number of hydrogen-bond donors (Lipinski definition) is 1. The number of aromatic nitrogens is 2. The first-order chi connectivity index (χ1) is 13.6. The molecule has 1 N–H and O–H groups in total. The topological polar surface area (TPSA) is 72.7 Å². The molecule has 6 nitrogen and oxygen atoms in total. The van der Waals surface area contributed by atoms with E-state index in [9.17, 15) is 9.59 Å². The first-order valence-electron chi connectivity index (χ1n) is 8.67. The van der Waals surface area contributed by atoms with Gasteiger partial charge in [0.25, 0.3) is 5.91 Å². The lowest BCUT2D eigenvalue weighted by molar-refractivity contribution is 0.0529. The van der Waals surface area contributed by atoms with E-state index in [2.05, 4.69) is 10.3 Å². The molecule has 0 saturated carbocycles. The molecule has 0 atom stereocenters. The maximum absolute atomic E-state index is 12.7. The Morgan fingerprint density at radius 2 is 2.00 bits per heavy atom. The highest BCUT2D eigenvalue weighted by molar-refractivity contribution is 7.17. The number of imidazole rings is 1. The molecule has 3 heterocycles. The number of thiazole rings is 1. The Labute approximate surface area is 169 Å². The molecular weight excluding hydrogens is 394 g/mol. The minimum atomic E-state index is -0.459. The number of nitrogens with one attached hydrogen (secondary N) is 1. The Morgan fingerprint density at radius 3 is 2.71 bits per heavy atom. The lowest BCUT2D eigenvalue weighted by Crippen LogP contribution is -2.15. The van der Waals surface area contributed by atoms with E-state index in [-0.39, 0.29) is 12.5 Å². The predicted octanol–water partition coefficient (Wildman–Crippen LogP) is 4.86. The van der Waals surface area contributed by atoms with Gasteiger partial charge in [0, 0.05) is 28.2 Å². The molecule has 1 aromatic carbocycles. The standard InChI is InChI=1S/C20H17N3O3S2/c1-3-26-19(25)16-14(13-7-5-4-6-8-13)11-27-18(16)22-17(24)15-10-23-9-12(2)28-20(23)21-15/h4-11H,3H2,1-2H3,(H,22,24). The van der Waals surface area contributed by atoms with Gasteiger partial charge >= 0.3 is 5.97 Å². The highest BCUT2D eigenvalue weighted by Crippen LogP contribution is 2.36. The number of aryl methyl sites for hydroxylation is 1. The van der Waals surface area contributed by atoms with Crippen molar-refractivity contribution in [3.63, 3.8) is 0 Å². The van der Waals surface area contributed by atoms with Crippen molar-refractivity contribution in [1.29, 1.82) is 0 Å². The summed E-state index contributed by atoms with van der Waals surface area (Å²) in [7, 11) is 0. The van der Waals surface area contributed by atoms with E-state index in [1.165, 1.54) is 22.7 Å². The van der Waals surface area contributed by atoms with Crippen LogP contribution in [0.2, 0.25) is 0 Å². The van der Waals surface area contributed by atoms with Gasteiger partial charge in [0.1, 0.15) is 16.3 Å². The average Bonchev–Trinajstić information content (AvgIpc) is 3.35. The molecule has 0 radical (unpaired) electrons. The van der Waals surface area contributed by atoms with Crippen molar-refractivity contribution >= 4 is 44.5 Å². The molecule has 0 aliphatic carbocycles. The number of carbonyl (C=O) groups excluding carboxylic acids is 2. The number of anilines is 1. The van der Waals surface area contributed by atoms with Crippen LogP contribution in [0.1, 0.15) is 32.6 Å². The van der Waals surface area contributed by atoms with E-state index in [0.29, 0.717) is 16.3 Å². The molecule has 0 aliphatic rings. The molecule has 1 amide bonds. The van der Waals surface area contributed by atoms with Gasteiger partial charge in [-0.05, 0) is 19.4 Å². The van der Waals surface area contributed by atoms with E-state index in [1.807, 2.05) is 53.2 Å². The third kappa shape index (κ3) is 3.44. The molecule has 3 aromatic heterocycles. The molecule has 0 unspecified atom stereocenters. The third-order valence-electron chi connectivity index (χ3n) is 4.09. The Hall–Kier alpha value is -2.97. The lowest BCUT2D eigenvalue weighted by atomic mass is 10.0. The van der Waals surface area contributed by atoms with Crippen molar-refractivity contribution < 1.29 is 14.3 Å². The van der Waals surface area contributed by atoms with Crippen LogP contribution in [0.4, 0.5) is 5.00 Å². The Bertz CT molecular complexity index is 1130. The van der Waals surface area contributed by atoms with Crippen molar-refractivity contribution in [3.05, 3.63) is 64.2 Å². The van der Waals surface area contributed by atoms with E-state index in [4.69, 9.17) is 4.74 Å². The van der Waals surface area contributed by atoms with Crippen LogP contribution in [0.3, 0.4) is 0 Å². The number of ether oxygens (including phenoxy) is 1. The first kappa shape index (κ1) is 18.4. The molecule has 0 bridgehead atoms. The van der Waals surface area contributed by atoms with Gasteiger partial charge in [-0.1, -0.05) is 30.3 Å². The second-order valence-electron chi connectivity index (χ2n) is 6.05. The summed E-state index contributed by atoms with van der Waals surface area (Å²) in [6.07, 6.45) is 3.61. The van der Waals surface area contributed by atoms with Crippen LogP contribution < -0.4 is 5.32 Å². The van der Waals surface area contributed by atoms with Crippen LogP contribution in [-0.2, 0) is 4.74 Å². The van der Waals surface area contributed by atoms with Gasteiger partial charge in [-0.2, -0.15) is 0 Å². The maximum Gasteiger partial charge on any atom is 0.341 e. The molecule has 4 rings (SSSR count). The normalized spacial score (nSPS) is 10.9. The zero-order valence-electron chi connectivity index (χ0n) is 15.3. The average molecular weight is 412 g/mol. The summed E-state index contributed by atoms with van der Waals surface area (Å²) in [6.45, 7) is 4.00. The first-order valence-corrected chi connectivity index (χ1v) is 10.4. The minimum Gasteiger partial charge on any atom is -0.462 e. The molecule has 0 fully saturated rings. The molecular formula is C20H17N3O3S2. The third-order valence-corrected chi connectivity index (χ3v) is 5.89. The number of thiophene rings is 1. The number of benzene rings is 1. The molecule has 4 aromatic rings. The van der Waals surface area contributed by atoms with Crippen molar-refractivity contribution in [2.24, 2.45) is 0 Å². The molecule has 8 heteroatoms. The lowest BCUT2D eigenvalue weighted by Gasteiger charge is -2.08. The predicted molar refractivity (Wildman–Crippen MR) is 111 cm³/mol. The Balaban J connectivity index is 1.68. The van der Waals surface area contributed by atoms with Crippen molar-refractivity contribution in [2.75, 3.05) is 11.9 Å². The second kappa shape index (κ2) is 7.57. The van der Waals surface area contributed by atoms with E-state index in [0.717, 1.165) is 21.0 Å². The van der Waals surface area contributed by atoms with E-state index in [1.54, 1.807) is 13.1 Å². The molecule has 28 heavy (non-hydrogen) atoms. The number of nitrogens with zero attached hydrogens (tertiary/aromatic N) is 2. The van der Waals surface area contributed by atoms with Gasteiger partial charge < -0.3 is 10.1 Å². The number of fused-ring (bicyclic) bond motifs is 1. The summed E-state index contributed by atoms with van der Waals surface area (Å²) >= 11 is 2.81. The number of esters is 1. The SMILES string of the molecule is CCOC(=O)c1c(-c2ccccc2)csc1NC(=O)c1cn2cc(C)sc2n1. The van der Waals surface area contributed by atoms with Gasteiger partial charge in [-0.25, -0.2) is 9.78 Å². The minimum absolute atomic E-state index is 0.257. The highest BCUT2D eigenvalue weighted by Gasteiger charge is 2.24. The van der Waals surface area contributed by atoms with Gasteiger partial charge in [0.05, 0.1) is 6.61 Å². The summed E-state index contributed by atoms with van der Waals surface area (Å²) in [5.41, 5.74) is 2.29. The number of carbonyl (C=O) groups is 2. The summed E-state index contributed by atoms with van der Waals surface area (Å²) in [6, 6.07) is 9.55. The van der Waals surface area contributed by atoms with Crippen LogP contribution in [0.25, 0.3) is 16.1 Å². The molecule has 142 valence electrons. The van der Waals surface area contributed by atoms with Crippen LogP contribution in [0.5, 0.6) is 0 Å². The second-order valence-corrected chi connectivity index (χ2v) is 8.14. The summed E-state index contributed by atoms with van der Waals surface area (Å²) in [5.74, 6) is -0.820. The van der Waals surface area contributed by atoms with Crippen LogP contribution >= 0.6 is 22.7 Å². The van der Waals surface area contributed by atoms with Crippen LogP contribution in [-0.4, -0.2) is 27.9 Å². The maximum atomic E-state index is 12.7. The largest absolute Gasteiger partial charge is 0.462 e. The molecule has 0 aliphatic heterocycles. The Morgan fingerprint density at radius 1 is 1.21 bits per heavy atom. The summed E-state index contributed by atoms with van der Waals surface area (Å²) in [4.78, 5) is 31.5. The van der Waals surface area contributed by atoms with Gasteiger partial charge in [-0.3, -0.25) is 9.20 Å². The Kier molecular flexibility index (Phi) is 4.97. The van der Waals surface area contributed by atoms with Crippen LogP contribution in [0, 0.1) is 6.92 Å². The quantitative estimate of drug-likeness (QED) is 0.476. The highest BCUT2D eigenvalue weighted by atomic mass is 32.1. The fraction of sp³-hybridized carbons (Fsp3) is 0.150. The molecule has 0 saturated heterocycles. The van der Waals surface area contributed by atoms with Gasteiger partial charge in [0.15, 0.2) is 4.96 Å². The monoisotopic (exact) mass is 411 g/mol.